The van der Waals surface area contributed by atoms with E-state index in [-0.39, 0.29) is 6.04 Å². The van der Waals surface area contributed by atoms with Crippen LogP contribution in [0.2, 0.25) is 0 Å². The van der Waals surface area contributed by atoms with Gasteiger partial charge in [0.15, 0.2) is 17.5 Å². The predicted octanol–water partition coefficient (Wildman–Crippen LogP) is 10.6. The van der Waals surface area contributed by atoms with Crippen LogP contribution in [0.15, 0.2) is 164 Å². The number of nitrogens with zero attached hydrogens (tertiary/aromatic N) is 4. The highest BCUT2D eigenvalue weighted by Crippen LogP contribution is 2.47. The zero-order chi connectivity index (χ0) is 31.2. The third-order valence-corrected chi connectivity index (χ3v) is 9.19. The lowest BCUT2D eigenvalue weighted by Gasteiger charge is -2.28. The van der Waals surface area contributed by atoms with Gasteiger partial charge in [0.2, 0.25) is 0 Å². The number of anilines is 2. The molecule has 0 amide bonds. The van der Waals surface area contributed by atoms with Gasteiger partial charge >= 0.3 is 0 Å². The molecule has 0 N–H and O–H groups in total. The van der Waals surface area contributed by atoms with Gasteiger partial charge in [0.05, 0.1) is 6.04 Å². The number of hydrogen-bond acceptors (Lipinski definition) is 4. The molecule has 0 radical (unpaired) electrons. The molecule has 2 aliphatic rings. The predicted molar refractivity (Wildman–Crippen MR) is 193 cm³/mol. The van der Waals surface area contributed by atoms with Crippen LogP contribution < -0.4 is 4.90 Å². The van der Waals surface area contributed by atoms with Crippen molar-refractivity contribution in [3.05, 3.63) is 169 Å². The van der Waals surface area contributed by atoms with Gasteiger partial charge in [-0.3, -0.25) is 0 Å². The molecule has 1 aliphatic heterocycles. The summed E-state index contributed by atoms with van der Waals surface area (Å²) in [5, 5.41) is 2.34. The molecule has 0 spiro atoms. The van der Waals surface area contributed by atoms with Gasteiger partial charge in [0.1, 0.15) is 0 Å². The minimum atomic E-state index is 0.262. The first kappa shape index (κ1) is 27.2. The van der Waals surface area contributed by atoms with Gasteiger partial charge in [0.25, 0.3) is 0 Å². The summed E-state index contributed by atoms with van der Waals surface area (Å²) in [4.78, 5) is 17.7. The van der Waals surface area contributed by atoms with E-state index in [1.807, 2.05) is 6.07 Å². The van der Waals surface area contributed by atoms with Crippen molar-refractivity contribution in [1.82, 2.24) is 15.0 Å². The number of aromatic nitrogens is 3. The Morgan fingerprint density at radius 2 is 1.11 bits per heavy atom. The number of benzene rings is 6. The number of hydrogen-bond donors (Lipinski definition) is 0. The Labute approximate surface area is 274 Å². The maximum atomic E-state index is 5.10. The van der Waals surface area contributed by atoms with Crippen LogP contribution in [0.5, 0.6) is 0 Å². The Morgan fingerprint density at radius 3 is 1.94 bits per heavy atom. The molecule has 0 fully saturated rings. The summed E-state index contributed by atoms with van der Waals surface area (Å²) >= 11 is 0. The minimum absolute atomic E-state index is 0.262. The lowest BCUT2D eigenvalue weighted by atomic mass is 9.96. The topological polar surface area (TPSA) is 41.9 Å². The molecule has 0 saturated heterocycles. The average molecular weight is 603 g/mol. The van der Waals surface area contributed by atoms with Crippen LogP contribution in [0.3, 0.4) is 0 Å². The average Bonchev–Trinajstić information content (AvgIpc) is 3.49. The summed E-state index contributed by atoms with van der Waals surface area (Å²) in [5.41, 5.74) is 10.2. The first-order valence-electron chi connectivity index (χ1n) is 16.1. The molecule has 0 saturated carbocycles. The molecule has 4 heteroatoms. The molecule has 1 atom stereocenters. The summed E-state index contributed by atoms with van der Waals surface area (Å²) in [6, 6.07) is 51.3. The normalized spacial score (nSPS) is 14.9. The zero-order valence-corrected chi connectivity index (χ0v) is 25.7. The second-order valence-corrected chi connectivity index (χ2v) is 12.1. The SMILES string of the molecule is C1=CCC2C(=C1)c1ccccc1N2c1cccc(-c2nc(-c3ccc(-c4ccccc4)cc3)nc(-c3ccc4ccccc4c3)n2)c1. The third-order valence-electron chi connectivity index (χ3n) is 9.19. The van der Waals surface area contributed by atoms with E-state index in [1.165, 1.54) is 27.8 Å². The molecule has 1 aromatic heterocycles. The van der Waals surface area contributed by atoms with Crippen molar-refractivity contribution in [1.29, 1.82) is 0 Å². The van der Waals surface area contributed by atoms with Crippen LogP contribution in [-0.2, 0) is 0 Å². The fourth-order valence-electron chi connectivity index (χ4n) is 6.87. The van der Waals surface area contributed by atoms with Crippen LogP contribution in [0.4, 0.5) is 11.4 Å². The highest BCUT2D eigenvalue weighted by molar-refractivity contribution is 5.94. The van der Waals surface area contributed by atoms with E-state index >= 15 is 0 Å². The van der Waals surface area contributed by atoms with Crippen LogP contribution in [0, 0.1) is 0 Å². The monoisotopic (exact) mass is 602 g/mol. The van der Waals surface area contributed by atoms with E-state index in [0.29, 0.717) is 17.5 Å². The van der Waals surface area contributed by atoms with Crippen LogP contribution in [0.25, 0.3) is 61.6 Å². The lowest BCUT2D eigenvalue weighted by molar-refractivity contribution is 0.829. The largest absolute Gasteiger partial charge is 0.333 e. The molecule has 222 valence electrons. The van der Waals surface area contributed by atoms with E-state index in [9.17, 15) is 0 Å². The first-order valence-corrected chi connectivity index (χ1v) is 16.1. The fraction of sp³-hybridized carbons (Fsp3) is 0.0465. The summed E-state index contributed by atoms with van der Waals surface area (Å²) in [6.45, 7) is 0. The van der Waals surface area contributed by atoms with E-state index in [2.05, 4.69) is 163 Å². The summed E-state index contributed by atoms with van der Waals surface area (Å²) in [6.07, 6.45) is 7.66. The second kappa shape index (κ2) is 11.3. The van der Waals surface area contributed by atoms with Crippen LogP contribution >= 0.6 is 0 Å². The smallest absolute Gasteiger partial charge is 0.164 e. The quantitative estimate of drug-likeness (QED) is 0.197. The summed E-state index contributed by atoms with van der Waals surface area (Å²) in [7, 11) is 0. The van der Waals surface area contributed by atoms with Gasteiger partial charge in [0, 0.05) is 33.6 Å². The maximum Gasteiger partial charge on any atom is 0.164 e. The minimum Gasteiger partial charge on any atom is -0.333 e. The van der Waals surface area contributed by atoms with Crippen molar-refractivity contribution in [2.24, 2.45) is 0 Å². The molecule has 9 rings (SSSR count). The summed E-state index contributed by atoms with van der Waals surface area (Å²) in [5.74, 6) is 1.96. The highest BCUT2D eigenvalue weighted by Gasteiger charge is 2.34. The van der Waals surface area contributed by atoms with Crippen molar-refractivity contribution in [3.8, 4) is 45.3 Å². The molecule has 47 heavy (non-hydrogen) atoms. The van der Waals surface area contributed by atoms with E-state index < -0.39 is 0 Å². The van der Waals surface area contributed by atoms with Crippen molar-refractivity contribution >= 4 is 27.7 Å². The molecule has 0 bridgehead atoms. The Kier molecular flexibility index (Phi) is 6.57. The number of allylic oxidation sites excluding steroid dienone is 2. The molecule has 6 aromatic carbocycles. The molecule has 7 aromatic rings. The van der Waals surface area contributed by atoms with Crippen molar-refractivity contribution in [2.45, 2.75) is 12.5 Å². The molecular formula is C43H30N4. The Hall–Kier alpha value is -6.13. The van der Waals surface area contributed by atoms with Gasteiger partial charge in [-0.1, -0.05) is 140 Å². The highest BCUT2D eigenvalue weighted by atomic mass is 15.2. The molecule has 4 nitrogen and oxygen atoms in total. The van der Waals surface area contributed by atoms with E-state index in [4.69, 9.17) is 15.0 Å². The van der Waals surface area contributed by atoms with Gasteiger partial charge < -0.3 is 4.90 Å². The first-order chi connectivity index (χ1) is 23.3. The van der Waals surface area contributed by atoms with Gasteiger partial charge in [-0.25, -0.2) is 15.0 Å². The van der Waals surface area contributed by atoms with E-state index in [0.717, 1.165) is 39.7 Å². The Bertz CT molecular complexity index is 2340. The standard InChI is InChI=1S/C43H30N4/c1-2-11-29(12-3-1)31-21-24-32(25-22-31)41-44-42(46-43(45-41)35-26-23-30-13-4-5-14-33(30)27-35)34-15-10-16-36(28-34)47-39-19-8-6-17-37(39)38-18-7-9-20-40(38)47/h1-19,21-28,40H,20H2. The Balaban J connectivity index is 1.17. The van der Waals surface area contributed by atoms with Gasteiger partial charge in [-0.2, -0.15) is 0 Å². The molecule has 1 aliphatic carbocycles. The van der Waals surface area contributed by atoms with Crippen LogP contribution in [-0.4, -0.2) is 21.0 Å². The number of rotatable bonds is 5. The molecular weight excluding hydrogens is 573 g/mol. The van der Waals surface area contributed by atoms with Crippen LogP contribution in [0.1, 0.15) is 12.0 Å². The van der Waals surface area contributed by atoms with Crippen molar-refractivity contribution < 1.29 is 0 Å². The van der Waals surface area contributed by atoms with E-state index in [1.54, 1.807) is 0 Å². The fourth-order valence-corrected chi connectivity index (χ4v) is 6.87. The second-order valence-electron chi connectivity index (χ2n) is 12.1. The van der Waals surface area contributed by atoms with Gasteiger partial charge in [-0.15, -0.1) is 0 Å². The van der Waals surface area contributed by atoms with Crippen molar-refractivity contribution in [3.63, 3.8) is 0 Å². The van der Waals surface area contributed by atoms with Gasteiger partial charge in [-0.05, 0) is 58.2 Å². The maximum absolute atomic E-state index is 5.10. The molecule has 2 heterocycles. The third kappa shape index (κ3) is 4.91. The summed E-state index contributed by atoms with van der Waals surface area (Å²) < 4.78 is 0. The zero-order valence-electron chi connectivity index (χ0n) is 25.7. The number of para-hydroxylation sites is 1. The molecule has 1 unspecified atom stereocenters. The Morgan fingerprint density at radius 1 is 0.489 bits per heavy atom. The number of fused-ring (bicyclic) bond motifs is 4. The lowest BCUT2D eigenvalue weighted by Crippen LogP contribution is -2.27. The van der Waals surface area contributed by atoms with Crippen molar-refractivity contribution in [2.75, 3.05) is 4.90 Å².